The van der Waals surface area contributed by atoms with Gasteiger partial charge >= 0.3 is 0 Å². The van der Waals surface area contributed by atoms with Crippen LogP contribution in [-0.4, -0.2) is 57.5 Å². The summed E-state index contributed by atoms with van der Waals surface area (Å²) in [4.78, 5) is 2.43. The average molecular weight is 329 g/mol. The molecule has 1 saturated heterocycles. The number of nitrogens with one attached hydrogen (secondary N) is 1. The summed E-state index contributed by atoms with van der Waals surface area (Å²) in [6.45, 7) is 15.4. The Morgan fingerprint density at radius 3 is 1.57 bits per heavy atom. The molecule has 1 aliphatic heterocycles. The Morgan fingerprint density at radius 1 is 0.739 bits per heavy atom. The van der Waals surface area contributed by atoms with E-state index in [1.54, 1.807) is 0 Å². The van der Waals surface area contributed by atoms with Crippen LogP contribution in [0.2, 0.25) is 0 Å². The molecule has 0 unspecified atom stereocenters. The molecule has 3 N–H and O–H groups in total. The van der Waals surface area contributed by atoms with Gasteiger partial charge in [-0.25, -0.2) is 0 Å². The summed E-state index contributed by atoms with van der Waals surface area (Å²) in [5.74, 6) is 0. The number of rotatable bonds is 1. The standard InChI is InChI=1S/C10H21NO.C9H19NO/c1-10(2,3)11-8-4-6-9(12)7-5-8;1-9(2,3)10-6-4-8(11)5-7-10/h8-9,11-12H,4-7H2,1-3H3;8,11H,4-7H2,1-3H3. The molecule has 0 bridgehead atoms. The molecule has 1 saturated carbocycles. The first-order chi connectivity index (χ1) is 10.5. The van der Waals surface area contributed by atoms with Gasteiger partial charge in [-0.2, -0.15) is 0 Å². The van der Waals surface area contributed by atoms with Crippen molar-refractivity contribution >= 4 is 0 Å². The molecule has 4 nitrogen and oxygen atoms in total. The van der Waals surface area contributed by atoms with E-state index < -0.39 is 0 Å². The second-order valence-electron chi connectivity index (χ2n) is 9.29. The van der Waals surface area contributed by atoms with Crippen LogP contribution in [0.4, 0.5) is 0 Å². The molecule has 2 fully saturated rings. The molecular formula is C19H40N2O2. The van der Waals surface area contributed by atoms with Gasteiger partial charge in [0.25, 0.3) is 0 Å². The first kappa shape index (κ1) is 20.9. The molecule has 23 heavy (non-hydrogen) atoms. The molecule has 1 aliphatic carbocycles. The highest BCUT2D eigenvalue weighted by Gasteiger charge is 2.25. The molecule has 0 amide bonds. The third-order valence-corrected chi connectivity index (χ3v) is 4.75. The highest BCUT2D eigenvalue weighted by atomic mass is 16.3. The fraction of sp³-hybridized carbons (Fsp3) is 1.00. The Hall–Kier alpha value is -0.160. The van der Waals surface area contributed by atoms with E-state index in [1.807, 2.05) is 0 Å². The molecular weight excluding hydrogens is 288 g/mol. The number of hydrogen-bond donors (Lipinski definition) is 3. The lowest BCUT2D eigenvalue weighted by Gasteiger charge is -2.39. The fourth-order valence-corrected chi connectivity index (χ4v) is 3.37. The topological polar surface area (TPSA) is 55.7 Å². The smallest absolute Gasteiger partial charge is 0.0564 e. The summed E-state index contributed by atoms with van der Waals surface area (Å²) < 4.78 is 0. The van der Waals surface area contributed by atoms with E-state index in [1.165, 1.54) is 0 Å². The zero-order valence-corrected chi connectivity index (χ0v) is 16.2. The highest BCUT2D eigenvalue weighted by molar-refractivity contribution is 4.82. The summed E-state index contributed by atoms with van der Waals surface area (Å²) in [6.07, 6.45) is 5.98. The van der Waals surface area contributed by atoms with Crippen molar-refractivity contribution in [1.82, 2.24) is 10.2 Å². The van der Waals surface area contributed by atoms with Crippen molar-refractivity contribution in [3.05, 3.63) is 0 Å². The summed E-state index contributed by atoms with van der Waals surface area (Å²) >= 11 is 0. The first-order valence-electron chi connectivity index (χ1n) is 9.36. The predicted molar refractivity (Wildman–Crippen MR) is 97.7 cm³/mol. The Morgan fingerprint density at radius 2 is 1.17 bits per heavy atom. The molecule has 0 atom stereocenters. The quantitative estimate of drug-likeness (QED) is 0.693. The maximum absolute atomic E-state index is 9.30. The van der Waals surface area contributed by atoms with Gasteiger partial charge in [-0.05, 0) is 80.1 Å². The second kappa shape index (κ2) is 8.80. The summed E-state index contributed by atoms with van der Waals surface area (Å²) in [6, 6.07) is 0.619. The van der Waals surface area contributed by atoms with Crippen molar-refractivity contribution in [2.75, 3.05) is 13.1 Å². The van der Waals surface area contributed by atoms with Crippen LogP contribution in [0.15, 0.2) is 0 Å². The Kier molecular flexibility index (Phi) is 7.99. The van der Waals surface area contributed by atoms with Crippen molar-refractivity contribution in [1.29, 1.82) is 0 Å². The fourth-order valence-electron chi connectivity index (χ4n) is 3.37. The van der Waals surface area contributed by atoms with Gasteiger partial charge < -0.3 is 15.5 Å². The number of hydrogen-bond acceptors (Lipinski definition) is 4. The Balaban J connectivity index is 0.000000231. The van der Waals surface area contributed by atoms with Crippen LogP contribution < -0.4 is 5.32 Å². The van der Waals surface area contributed by atoms with Crippen LogP contribution in [0.3, 0.4) is 0 Å². The van der Waals surface area contributed by atoms with E-state index in [9.17, 15) is 10.2 Å². The van der Waals surface area contributed by atoms with Gasteiger partial charge in [0.15, 0.2) is 0 Å². The highest BCUT2D eigenvalue weighted by Crippen LogP contribution is 2.20. The van der Waals surface area contributed by atoms with Gasteiger partial charge in [0.05, 0.1) is 12.2 Å². The van der Waals surface area contributed by atoms with Crippen molar-refractivity contribution in [2.45, 2.75) is 109 Å². The molecule has 4 heteroatoms. The molecule has 0 aromatic heterocycles. The molecule has 0 aromatic rings. The number of piperidine rings is 1. The molecule has 0 aromatic carbocycles. The summed E-state index contributed by atoms with van der Waals surface area (Å²) in [5, 5.41) is 22.1. The Bertz CT molecular complexity index is 317. The Labute approximate surface area is 143 Å². The molecule has 1 heterocycles. The summed E-state index contributed by atoms with van der Waals surface area (Å²) in [5.41, 5.74) is 0.493. The maximum atomic E-state index is 9.30. The minimum Gasteiger partial charge on any atom is -0.393 e. The minimum atomic E-state index is -0.0476. The minimum absolute atomic E-state index is 0.0389. The number of aliphatic hydroxyl groups is 2. The number of aliphatic hydroxyl groups excluding tert-OH is 2. The van der Waals surface area contributed by atoms with Crippen molar-refractivity contribution in [3.63, 3.8) is 0 Å². The van der Waals surface area contributed by atoms with Crippen molar-refractivity contribution < 1.29 is 10.2 Å². The largest absolute Gasteiger partial charge is 0.393 e. The van der Waals surface area contributed by atoms with Gasteiger partial charge in [0.2, 0.25) is 0 Å². The SMILES string of the molecule is CC(C)(C)N1CCC(O)CC1.CC(C)(C)NC1CCC(O)CC1. The van der Waals surface area contributed by atoms with Crippen LogP contribution in [0, 0.1) is 0 Å². The van der Waals surface area contributed by atoms with Crippen molar-refractivity contribution in [3.8, 4) is 0 Å². The lowest BCUT2D eigenvalue weighted by atomic mass is 9.91. The van der Waals surface area contributed by atoms with Crippen LogP contribution in [0.1, 0.15) is 80.1 Å². The van der Waals surface area contributed by atoms with Crippen LogP contribution in [-0.2, 0) is 0 Å². The molecule has 2 aliphatic rings. The maximum Gasteiger partial charge on any atom is 0.0564 e. The van der Waals surface area contributed by atoms with E-state index in [4.69, 9.17) is 0 Å². The molecule has 2 rings (SSSR count). The zero-order chi connectivity index (χ0) is 17.7. The van der Waals surface area contributed by atoms with E-state index in [2.05, 4.69) is 51.8 Å². The monoisotopic (exact) mass is 328 g/mol. The lowest BCUT2D eigenvalue weighted by molar-refractivity contribution is 0.0378. The van der Waals surface area contributed by atoms with Crippen LogP contribution >= 0.6 is 0 Å². The molecule has 138 valence electrons. The van der Waals surface area contributed by atoms with Crippen molar-refractivity contribution in [2.24, 2.45) is 0 Å². The van der Waals surface area contributed by atoms with Crippen LogP contribution in [0.5, 0.6) is 0 Å². The second-order valence-corrected chi connectivity index (χ2v) is 9.29. The normalized spacial score (nSPS) is 28.2. The van der Waals surface area contributed by atoms with Gasteiger partial charge in [-0.1, -0.05) is 0 Å². The number of likely N-dealkylation sites (tertiary alicyclic amines) is 1. The average Bonchev–Trinajstić information content (AvgIpc) is 2.40. The zero-order valence-electron chi connectivity index (χ0n) is 16.2. The van der Waals surface area contributed by atoms with E-state index in [-0.39, 0.29) is 23.3 Å². The van der Waals surface area contributed by atoms with E-state index in [0.29, 0.717) is 6.04 Å². The molecule has 0 radical (unpaired) electrons. The predicted octanol–water partition coefficient (Wildman–Crippen LogP) is 2.92. The van der Waals surface area contributed by atoms with Gasteiger partial charge in [0, 0.05) is 30.2 Å². The molecule has 0 spiro atoms. The summed E-state index contributed by atoms with van der Waals surface area (Å²) in [7, 11) is 0. The third-order valence-electron chi connectivity index (χ3n) is 4.75. The number of nitrogens with zero attached hydrogens (tertiary/aromatic N) is 1. The van der Waals surface area contributed by atoms with E-state index in [0.717, 1.165) is 51.6 Å². The van der Waals surface area contributed by atoms with Gasteiger partial charge in [-0.15, -0.1) is 0 Å². The van der Waals surface area contributed by atoms with E-state index >= 15 is 0 Å². The van der Waals surface area contributed by atoms with Gasteiger partial charge in [0.1, 0.15) is 0 Å². The lowest BCUT2D eigenvalue weighted by Crippen LogP contribution is -2.47. The third kappa shape index (κ3) is 9.04. The van der Waals surface area contributed by atoms with Crippen LogP contribution in [0.25, 0.3) is 0 Å². The first-order valence-corrected chi connectivity index (χ1v) is 9.36. The van der Waals surface area contributed by atoms with Gasteiger partial charge in [-0.3, -0.25) is 4.90 Å².